The summed E-state index contributed by atoms with van der Waals surface area (Å²) in [6.45, 7) is 4.50. The first-order chi connectivity index (χ1) is 6.25. The summed E-state index contributed by atoms with van der Waals surface area (Å²) in [5.41, 5.74) is 0.918. The van der Waals surface area contributed by atoms with Gasteiger partial charge in [-0.05, 0) is 11.6 Å². The van der Waals surface area contributed by atoms with Gasteiger partial charge in [-0.15, -0.1) is 0 Å². The Morgan fingerprint density at radius 1 is 1.23 bits per heavy atom. The molecule has 0 aromatic heterocycles. The van der Waals surface area contributed by atoms with Crippen molar-refractivity contribution in [3.63, 3.8) is 0 Å². The number of rotatable bonds is 2. The third kappa shape index (κ3) is 3.99. The van der Waals surface area contributed by atoms with Gasteiger partial charge in [0.05, 0.1) is 16.7 Å². The third-order valence-electron chi connectivity index (χ3n) is 1.33. The fraction of sp³-hybridized carbons (Fsp3) is 0.400. The maximum absolute atomic E-state index is 5.86. The van der Waals surface area contributed by atoms with Crippen LogP contribution in [0.2, 0.25) is 10.0 Å². The lowest BCUT2D eigenvalue weighted by molar-refractivity contribution is 0.185. The summed E-state index contributed by atoms with van der Waals surface area (Å²) in [6.07, 6.45) is 0. The van der Waals surface area contributed by atoms with Crippen molar-refractivity contribution in [3.05, 3.63) is 33.8 Å². The molecule has 0 aliphatic carbocycles. The monoisotopic (exact) mass is 220 g/mol. The van der Waals surface area contributed by atoms with Gasteiger partial charge in [0, 0.05) is 7.11 Å². The molecule has 0 unspecified atom stereocenters. The Morgan fingerprint density at radius 3 is 2.38 bits per heavy atom. The van der Waals surface area contributed by atoms with Crippen LogP contribution in [0.15, 0.2) is 18.2 Å². The summed E-state index contributed by atoms with van der Waals surface area (Å²) in [7, 11) is 1.62. The second-order valence-corrected chi connectivity index (χ2v) is 2.93. The standard InChI is InChI=1S/C8H8Cl2O.C2H6/c1-11-5-6-3-2-4-7(9)8(6)10;1-2/h2-4H,5H2,1H3;1-2H3. The molecular formula is C10H14Cl2O. The molecule has 0 amide bonds. The molecule has 0 fully saturated rings. The topological polar surface area (TPSA) is 9.23 Å². The number of hydrogen-bond donors (Lipinski definition) is 0. The molecular weight excluding hydrogens is 207 g/mol. The quantitative estimate of drug-likeness (QED) is 0.728. The highest BCUT2D eigenvalue weighted by Gasteiger charge is 2.02. The van der Waals surface area contributed by atoms with Gasteiger partial charge in [-0.1, -0.05) is 49.2 Å². The van der Waals surface area contributed by atoms with E-state index < -0.39 is 0 Å². The van der Waals surface area contributed by atoms with Crippen LogP contribution >= 0.6 is 23.2 Å². The SMILES string of the molecule is CC.COCc1cccc(Cl)c1Cl. The van der Waals surface area contributed by atoms with Gasteiger partial charge in [0.25, 0.3) is 0 Å². The molecule has 0 aliphatic heterocycles. The molecule has 0 bridgehead atoms. The van der Waals surface area contributed by atoms with E-state index in [4.69, 9.17) is 27.9 Å². The molecule has 1 aromatic carbocycles. The van der Waals surface area contributed by atoms with Gasteiger partial charge >= 0.3 is 0 Å². The highest BCUT2D eigenvalue weighted by atomic mass is 35.5. The fourth-order valence-electron chi connectivity index (χ4n) is 0.815. The van der Waals surface area contributed by atoms with E-state index in [1.165, 1.54) is 0 Å². The minimum atomic E-state index is 0.499. The normalized spacial score (nSPS) is 9.00. The minimum Gasteiger partial charge on any atom is -0.380 e. The molecule has 0 heterocycles. The van der Waals surface area contributed by atoms with Crippen molar-refractivity contribution in [2.45, 2.75) is 20.5 Å². The lowest BCUT2D eigenvalue weighted by Crippen LogP contribution is -1.88. The largest absolute Gasteiger partial charge is 0.380 e. The highest BCUT2D eigenvalue weighted by Crippen LogP contribution is 2.25. The van der Waals surface area contributed by atoms with Gasteiger partial charge in [0.1, 0.15) is 0 Å². The van der Waals surface area contributed by atoms with E-state index in [0.29, 0.717) is 16.7 Å². The van der Waals surface area contributed by atoms with Crippen LogP contribution in [0.1, 0.15) is 19.4 Å². The van der Waals surface area contributed by atoms with Crippen LogP contribution < -0.4 is 0 Å². The van der Waals surface area contributed by atoms with Crippen LogP contribution in [-0.4, -0.2) is 7.11 Å². The molecule has 1 rings (SSSR count). The summed E-state index contributed by atoms with van der Waals surface area (Å²) in [5.74, 6) is 0. The third-order valence-corrected chi connectivity index (χ3v) is 2.19. The van der Waals surface area contributed by atoms with E-state index in [0.717, 1.165) is 5.56 Å². The van der Waals surface area contributed by atoms with Crippen LogP contribution in [0.3, 0.4) is 0 Å². The lowest BCUT2D eigenvalue weighted by atomic mass is 10.2. The first-order valence-corrected chi connectivity index (χ1v) is 4.93. The second-order valence-electron chi connectivity index (χ2n) is 2.15. The second kappa shape index (κ2) is 7.19. The molecule has 74 valence electrons. The maximum Gasteiger partial charge on any atom is 0.0728 e. The van der Waals surface area contributed by atoms with Gasteiger partial charge in [0.2, 0.25) is 0 Å². The smallest absolute Gasteiger partial charge is 0.0728 e. The average molecular weight is 221 g/mol. The van der Waals surface area contributed by atoms with E-state index in [1.807, 2.05) is 26.0 Å². The Hall–Kier alpha value is -0.240. The fourth-order valence-corrected chi connectivity index (χ4v) is 1.19. The van der Waals surface area contributed by atoms with E-state index in [-0.39, 0.29) is 0 Å². The Kier molecular flexibility index (Phi) is 7.06. The van der Waals surface area contributed by atoms with Crippen molar-refractivity contribution >= 4 is 23.2 Å². The zero-order chi connectivity index (χ0) is 10.3. The molecule has 0 atom stereocenters. The number of halogens is 2. The minimum absolute atomic E-state index is 0.499. The average Bonchev–Trinajstić information content (AvgIpc) is 2.17. The summed E-state index contributed by atoms with van der Waals surface area (Å²) < 4.78 is 4.92. The van der Waals surface area contributed by atoms with Gasteiger partial charge in [-0.2, -0.15) is 0 Å². The van der Waals surface area contributed by atoms with Crippen molar-refractivity contribution in [1.82, 2.24) is 0 Å². The lowest BCUT2D eigenvalue weighted by Gasteiger charge is -2.02. The zero-order valence-electron chi connectivity index (χ0n) is 8.10. The van der Waals surface area contributed by atoms with Crippen molar-refractivity contribution in [2.24, 2.45) is 0 Å². The summed E-state index contributed by atoms with van der Waals surface area (Å²) >= 11 is 11.6. The Labute approximate surface area is 89.6 Å². The molecule has 13 heavy (non-hydrogen) atoms. The first-order valence-electron chi connectivity index (χ1n) is 4.17. The van der Waals surface area contributed by atoms with E-state index >= 15 is 0 Å². The predicted octanol–water partition coefficient (Wildman–Crippen LogP) is 4.17. The van der Waals surface area contributed by atoms with E-state index in [9.17, 15) is 0 Å². The summed E-state index contributed by atoms with van der Waals surface area (Å²) in [5, 5.41) is 1.15. The Bertz CT molecular complexity index is 249. The molecule has 1 aromatic rings. The van der Waals surface area contributed by atoms with Crippen LogP contribution in [0.5, 0.6) is 0 Å². The Morgan fingerprint density at radius 2 is 1.85 bits per heavy atom. The molecule has 0 saturated heterocycles. The predicted molar refractivity (Wildman–Crippen MR) is 58.5 cm³/mol. The van der Waals surface area contributed by atoms with Gasteiger partial charge < -0.3 is 4.74 Å². The molecule has 1 nitrogen and oxygen atoms in total. The van der Waals surface area contributed by atoms with Crippen molar-refractivity contribution < 1.29 is 4.74 Å². The van der Waals surface area contributed by atoms with E-state index in [1.54, 1.807) is 13.2 Å². The molecule has 0 aliphatic rings. The van der Waals surface area contributed by atoms with Gasteiger partial charge in [-0.3, -0.25) is 0 Å². The van der Waals surface area contributed by atoms with Crippen LogP contribution in [0.25, 0.3) is 0 Å². The molecule has 0 radical (unpaired) electrons. The van der Waals surface area contributed by atoms with Crippen LogP contribution in [0.4, 0.5) is 0 Å². The van der Waals surface area contributed by atoms with Crippen molar-refractivity contribution in [2.75, 3.05) is 7.11 Å². The number of benzene rings is 1. The van der Waals surface area contributed by atoms with E-state index in [2.05, 4.69) is 0 Å². The zero-order valence-corrected chi connectivity index (χ0v) is 9.62. The van der Waals surface area contributed by atoms with Crippen molar-refractivity contribution in [1.29, 1.82) is 0 Å². The summed E-state index contributed by atoms with van der Waals surface area (Å²) in [6, 6.07) is 5.49. The van der Waals surface area contributed by atoms with Crippen LogP contribution in [0, 0.1) is 0 Å². The number of hydrogen-bond acceptors (Lipinski definition) is 1. The highest BCUT2D eigenvalue weighted by molar-refractivity contribution is 6.42. The molecule has 3 heteroatoms. The summed E-state index contributed by atoms with van der Waals surface area (Å²) in [4.78, 5) is 0. The van der Waals surface area contributed by atoms with Gasteiger partial charge in [0.15, 0.2) is 0 Å². The van der Waals surface area contributed by atoms with Crippen molar-refractivity contribution in [3.8, 4) is 0 Å². The molecule has 0 N–H and O–H groups in total. The number of methoxy groups -OCH3 is 1. The maximum atomic E-state index is 5.86. The van der Waals surface area contributed by atoms with Crippen LogP contribution in [-0.2, 0) is 11.3 Å². The molecule has 0 spiro atoms. The first kappa shape index (κ1) is 12.8. The van der Waals surface area contributed by atoms with Gasteiger partial charge in [-0.25, -0.2) is 0 Å². The Balaban J connectivity index is 0.000000671. The molecule has 0 saturated carbocycles. The number of ether oxygens (including phenoxy) is 1.